The minimum atomic E-state index is -0.404. The van der Waals surface area contributed by atoms with Crippen molar-refractivity contribution in [2.75, 3.05) is 12.4 Å². The summed E-state index contributed by atoms with van der Waals surface area (Å²) in [6.45, 7) is 2.22. The van der Waals surface area contributed by atoms with Gasteiger partial charge in [-0.3, -0.25) is 28.4 Å². The van der Waals surface area contributed by atoms with E-state index < -0.39 is 11.8 Å². The van der Waals surface area contributed by atoms with E-state index in [0.717, 1.165) is 10.4 Å². The molecule has 2 heterocycles. The standard InChI is InChI=1S/C20H18N4O4/c1-3-23-15-6-4-5-7-16(15)24(20(23)28)11-17(25)21-12-8-9-13-14(10-12)19(27)22(2)18(13)26/h4-10H,3,11H2,1-2H3,(H,21,25). The molecule has 0 spiro atoms. The van der Waals surface area contributed by atoms with E-state index in [-0.39, 0.29) is 23.7 Å². The van der Waals surface area contributed by atoms with Crippen LogP contribution in [0.3, 0.4) is 0 Å². The quantitative estimate of drug-likeness (QED) is 0.699. The summed E-state index contributed by atoms with van der Waals surface area (Å²) in [6, 6.07) is 11.9. The van der Waals surface area contributed by atoms with E-state index in [0.29, 0.717) is 23.3 Å². The number of nitrogens with zero attached hydrogens (tertiary/aromatic N) is 3. The number of hydrogen-bond donors (Lipinski definition) is 1. The number of carbonyl (C=O) groups is 3. The Balaban J connectivity index is 1.61. The van der Waals surface area contributed by atoms with Crippen molar-refractivity contribution in [2.24, 2.45) is 0 Å². The van der Waals surface area contributed by atoms with Crippen molar-refractivity contribution in [1.29, 1.82) is 0 Å². The summed E-state index contributed by atoms with van der Waals surface area (Å²) in [5, 5.41) is 2.70. The molecule has 0 unspecified atom stereocenters. The summed E-state index contributed by atoms with van der Waals surface area (Å²) in [5.41, 5.74) is 2.16. The van der Waals surface area contributed by atoms with Gasteiger partial charge < -0.3 is 5.32 Å². The zero-order valence-corrected chi connectivity index (χ0v) is 15.4. The molecule has 0 aliphatic carbocycles. The maximum Gasteiger partial charge on any atom is 0.329 e. The fourth-order valence-electron chi connectivity index (χ4n) is 3.51. The van der Waals surface area contributed by atoms with Crippen molar-refractivity contribution in [1.82, 2.24) is 14.0 Å². The predicted molar refractivity (Wildman–Crippen MR) is 103 cm³/mol. The topological polar surface area (TPSA) is 93.4 Å². The maximum atomic E-state index is 12.6. The normalized spacial score (nSPS) is 13.3. The number of para-hydroxylation sites is 2. The SMILES string of the molecule is CCn1c(=O)n(CC(=O)Nc2ccc3c(c2)C(=O)N(C)C3=O)c2ccccc21. The van der Waals surface area contributed by atoms with E-state index in [9.17, 15) is 19.2 Å². The Morgan fingerprint density at radius 1 is 0.929 bits per heavy atom. The molecule has 0 radical (unpaired) electrons. The molecule has 3 amide bonds. The predicted octanol–water partition coefficient (Wildman–Crippen LogP) is 1.69. The Labute approximate surface area is 160 Å². The molecule has 28 heavy (non-hydrogen) atoms. The van der Waals surface area contributed by atoms with Crippen LogP contribution in [-0.4, -0.2) is 38.8 Å². The second-order valence-corrected chi connectivity index (χ2v) is 6.58. The number of imide groups is 1. The first-order valence-electron chi connectivity index (χ1n) is 8.86. The van der Waals surface area contributed by atoms with Crippen LogP contribution in [0.4, 0.5) is 5.69 Å². The number of benzene rings is 2. The fourth-order valence-corrected chi connectivity index (χ4v) is 3.51. The maximum absolute atomic E-state index is 12.6. The number of carbonyl (C=O) groups excluding carboxylic acids is 3. The summed E-state index contributed by atoms with van der Waals surface area (Å²) in [5.74, 6) is -1.17. The van der Waals surface area contributed by atoms with Gasteiger partial charge in [-0.15, -0.1) is 0 Å². The molecular formula is C20H18N4O4. The lowest BCUT2D eigenvalue weighted by Crippen LogP contribution is -2.29. The molecular weight excluding hydrogens is 360 g/mol. The van der Waals surface area contributed by atoms with Gasteiger partial charge in [0.2, 0.25) is 5.91 Å². The highest BCUT2D eigenvalue weighted by atomic mass is 16.2. The molecule has 1 aliphatic rings. The van der Waals surface area contributed by atoms with Crippen LogP contribution in [-0.2, 0) is 17.9 Å². The van der Waals surface area contributed by atoms with E-state index in [1.165, 1.54) is 23.7 Å². The van der Waals surface area contributed by atoms with Crippen molar-refractivity contribution in [2.45, 2.75) is 20.0 Å². The molecule has 8 heteroatoms. The number of rotatable bonds is 4. The number of nitrogens with one attached hydrogen (secondary N) is 1. The number of hydrogen-bond acceptors (Lipinski definition) is 4. The second kappa shape index (κ2) is 6.49. The third-order valence-electron chi connectivity index (χ3n) is 4.92. The van der Waals surface area contributed by atoms with Crippen LogP contribution in [0.5, 0.6) is 0 Å². The van der Waals surface area contributed by atoms with Crippen LogP contribution in [0.1, 0.15) is 27.6 Å². The van der Waals surface area contributed by atoms with Gasteiger partial charge in [0, 0.05) is 19.3 Å². The Hall–Kier alpha value is -3.68. The first-order valence-corrected chi connectivity index (χ1v) is 8.86. The van der Waals surface area contributed by atoms with Crippen LogP contribution in [0.15, 0.2) is 47.3 Å². The summed E-state index contributed by atoms with van der Waals surface area (Å²) in [6.07, 6.45) is 0. The van der Waals surface area contributed by atoms with Gasteiger partial charge in [0.15, 0.2) is 0 Å². The molecule has 1 N–H and O–H groups in total. The lowest BCUT2D eigenvalue weighted by atomic mass is 10.1. The first-order chi connectivity index (χ1) is 13.4. The molecule has 0 saturated carbocycles. The second-order valence-electron chi connectivity index (χ2n) is 6.58. The van der Waals surface area contributed by atoms with Crippen LogP contribution in [0, 0.1) is 0 Å². The Kier molecular flexibility index (Phi) is 4.11. The van der Waals surface area contributed by atoms with Gasteiger partial charge in [-0.1, -0.05) is 12.1 Å². The van der Waals surface area contributed by atoms with Gasteiger partial charge in [-0.2, -0.15) is 0 Å². The minimum Gasteiger partial charge on any atom is -0.325 e. The molecule has 1 aliphatic heterocycles. The lowest BCUT2D eigenvalue weighted by molar-refractivity contribution is -0.116. The monoisotopic (exact) mass is 378 g/mol. The Bertz CT molecular complexity index is 1200. The van der Waals surface area contributed by atoms with E-state index in [2.05, 4.69) is 5.32 Å². The highest BCUT2D eigenvalue weighted by Crippen LogP contribution is 2.24. The number of aryl methyl sites for hydroxylation is 1. The summed E-state index contributed by atoms with van der Waals surface area (Å²) >= 11 is 0. The van der Waals surface area contributed by atoms with Crippen molar-refractivity contribution >= 4 is 34.4 Å². The molecule has 8 nitrogen and oxygen atoms in total. The number of anilines is 1. The largest absolute Gasteiger partial charge is 0.329 e. The number of amides is 3. The summed E-state index contributed by atoms with van der Waals surface area (Å²) in [7, 11) is 1.42. The molecule has 1 aromatic heterocycles. The van der Waals surface area contributed by atoms with E-state index in [1.54, 1.807) is 16.7 Å². The third kappa shape index (κ3) is 2.61. The van der Waals surface area contributed by atoms with Gasteiger partial charge in [-0.25, -0.2) is 4.79 Å². The lowest BCUT2D eigenvalue weighted by Gasteiger charge is -2.07. The average Bonchev–Trinajstić information content (AvgIpc) is 3.08. The van der Waals surface area contributed by atoms with E-state index >= 15 is 0 Å². The summed E-state index contributed by atoms with van der Waals surface area (Å²) < 4.78 is 3.03. The van der Waals surface area contributed by atoms with Gasteiger partial charge >= 0.3 is 5.69 Å². The first kappa shape index (κ1) is 17.7. The summed E-state index contributed by atoms with van der Waals surface area (Å²) in [4.78, 5) is 50.3. The van der Waals surface area contributed by atoms with Crippen LogP contribution < -0.4 is 11.0 Å². The third-order valence-corrected chi connectivity index (χ3v) is 4.92. The van der Waals surface area contributed by atoms with Crippen LogP contribution in [0.25, 0.3) is 11.0 Å². The van der Waals surface area contributed by atoms with Crippen molar-refractivity contribution in [3.63, 3.8) is 0 Å². The molecule has 142 valence electrons. The van der Waals surface area contributed by atoms with Gasteiger partial charge in [-0.05, 0) is 37.3 Å². The van der Waals surface area contributed by atoms with Gasteiger partial charge in [0.05, 0.1) is 22.2 Å². The molecule has 2 aromatic carbocycles. The van der Waals surface area contributed by atoms with Crippen molar-refractivity contribution in [3.8, 4) is 0 Å². The Morgan fingerprint density at radius 2 is 1.57 bits per heavy atom. The highest BCUT2D eigenvalue weighted by molar-refractivity contribution is 6.21. The van der Waals surface area contributed by atoms with Crippen molar-refractivity contribution in [3.05, 3.63) is 64.1 Å². The van der Waals surface area contributed by atoms with Crippen LogP contribution in [0.2, 0.25) is 0 Å². The fraction of sp³-hybridized carbons (Fsp3) is 0.200. The molecule has 3 aromatic rings. The van der Waals surface area contributed by atoms with Crippen molar-refractivity contribution < 1.29 is 14.4 Å². The molecule has 0 atom stereocenters. The highest BCUT2D eigenvalue weighted by Gasteiger charge is 2.32. The van der Waals surface area contributed by atoms with Gasteiger partial charge in [0.25, 0.3) is 11.8 Å². The zero-order chi connectivity index (χ0) is 20.0. The minimum absolute atomic E-state index is 0.157. The smallest absolute Gasteiger partial charge is 0.325 e. The number of imidazole rings is 1. The number of aromatic nitrogens is 2. The van der Waals surface area contributed by atoms with E-state index in [1.807, 2.05) is 25.1 Å². The zero-order valence-electron chi connectivity index (χ0n) is 15.4. The average molecular weight is 378 g/mol. The molecule has 4 rings (SSSR count). The van der Waals surface area contributed by atoms with E-state index in [4.69, 9.17) is 0 Å². The molecule has 0 saturated heterocycles. The van der Waals surface area contributed by atoms with Crippen LogP contribution >= 0.6 is 0 Å². The Morgan fingerprint density at radius 3 is 2.25 bits per heavy atom. The molecule has 0 fully saturated rings. The molecule has 0 bridgehead atoms. The number of fused-ring (bicyclic) bond motifs is 2. The van der Waals surface area contributed by atoms with Gasteiger partial charge in [0.1, 0.15) is 6.54 Å².